The molecule has 0 saturated heterocycles. The van der Waals surface area contributed by atoms with Gasteiger partial charge in [-0.05, 0) is 36.2 Å². The Kier molecular flexibility index (Phi) is 5.95. The van der Waals surface area contributed by atoms with Crippen LogP contribution in [0.4, 0.5) is 5.82 Å². The molecule has 1 aromatic heterocycles. The molecule has 0 spiro atoms. The number of para-hydroxylation sites is 1. The van der Waals surface area contributed by atoms with E-state index in [1.165, 1.54) is 4.68 Å². The number of methoxy groups -OCH3 is 1. The fourth-order valence-corrected chi connectivity index (χ4v) is 4.98. The number of nitrogens with one attached hydrogen (secondary N) is 2. The summed E-state index contributed by atoms with van der Waals surface area (Å²) in [7, 11) is -1.74. The third kappa shape index (κ3) is 4.65. The summed E-state index contributed by atoms with van der Waals surface area (Å²) < 4.78 is 30.6. The molecule has 0 atom stereocenters. The maximum Gasteiger partial charge on any atom is 0.314 e. The molecule has 2 aromatic carbocycles. The smallest absolute Gasteiger partial charge is 0.314 e. The molecule has 0 fully saturated rings. The summed E-state index contributed by atoms with van der Waals surface area (Å²) in [5.41, 5.74) is 2.42. The third-order valence-corrected chi connectivity index (χ3v) is 6.53. The molecular formula is C22H22N4O5S. The Labute approximate surface area is 185 Å². The van der Waals surface area contributed by atoms with Crippen LogP contribution in [0.2, 0.25) is 0 Å². The number of anilines is 1. The number of carbonyl (C=O) groups excluding carboxylic acids is 2. The zero-order valence-corrected chi connectivity index (χ0v) is 18.2. The van der Waals surface area contributed by atoms with Crippen molar-refractivity contribution in [3.63, 3.8) is 0 Å². The van der Waals surface area contributed by atoms with Gasteiger partial charge in [0.25, 0.3) is 0 Å². The summed E-state index contributed by atoms with van der Waals surface area (Å²) in [5, 5.41) is 9.51. The Morgan fingerprint density at radius 1 is 1.03 bits per heavy atom. The van der Waals surface area contributed by atoms with Gasteiger partial charge in [0, 0.05) is 12.1 Å². The molecule has 0 unspecified atom stereocenters. The molecule has 166 valence electrons. The molecule has 0 saturated carbocycles. The van der Waals surface area contributed by atoms with Crippen molar-refractivity contribution in [2.75, 3.05) is 19.0 Å². The van der Waals surface area contributed by atoms with Crippen LogP contribution in [0.5, 0.6) is 5.75 Å². The van der Waals surface area contributed by atoms with Crippen LogP contribution in [0.1, 0.15) is 16.8 Å². The monoisotopic (exact) mass is 454 g/mol. The topological polar surface area (TPSA) is 119 Å². The van der Waals surface area contributed by atoms with Crippen molar-refractivity contribution in [3.8, 4) is 11.4 Å². The number of aromatic nitrogens is 2. The average Bonchev–Trinajstić information content (AvgIpc) is 3.27. The quantitative estimate of drug-likeness (QED) is 0.546. The lowest BCUT2D eigenvalue weighted by molar-refractivity contribution is -0.136. The van der Waals surface area contributed by atoms with Gasteiger partial charge in [-0.3, -0.25) is 9.59 Å². The molecule has 4 rings (SSSR count). The lowest BCUT2D eigenvalue weighted by Crippen LogP contribution is -2.37. The van der Waals surface area contributed by atoms with Crippen molar-refractivity contribution < 1.29 is 22.7 Å². The van der Waals surface area contributed by atoms with Crippen LogP contribution in [0.15, 0.2) is 54.6 Å². The molecule has 2 N–H and O–H groups in total. The summed E-state index contributed by atoms with van der Waals surface area (Å²) in [4.78, 5) is 24.9. The Morgan fingerprint density at radius 2 is 1.75 bits per heavy atom. The number of hydrogen-bond acceptors (Lipinski definition) is 6. The maximum atomic E-state index is 12.6. The van der Waals surface area contributed by atoms with E-state index in [1.807, 2.05) is 30.3 Å². The molecule has 0 radical (unpaired) electrons. The van der Waals surface area contributed by atoms with Crippen LogP contribution in [-0.2, 0) is 37.4 Å². The van der Waals surface area contributed by atoms with E-state index in [0.717, 1.165) is 11.3 Å². The molecular weight excluding hydrogens is 432 g/mol. The van der Waals surface area contributed by atoms with Crippen molar-refractivity contribution in [3.05, 3.63) is 71.4 Å². The van der Waals surface area contributed by atoms with Gasteiger partial charge < -0.3 is 15.4 Å². The van der Waals surface area contributed by atoms with E-state index in [9.17, 15) is 18.0 Å². The molecule has 3 aromatic rings. The zero-order valence-electron chi connectivity index (χ0n) is 17.4. The molecule has 2 amide bonds. The van der Waals surface area contributed by atoms with Crippen LogP contribution in [0.3, 0.4) is 0 Å². The lowest BCUT2D eigenvalue weighted by Gasteiger charge is -2.11. The molecule has 1 aliphatic heterocycles. The lowest BCUT2D eigenvalue weighted by atomic mass is 10.1. The fourth-order valence-electron chi connectivity index (χ4n) is 3.48. The molecule has 0 bridgehead atoms. The van der Waals surface area contributed by atoms with E-state index in [4.69, 9.17) is 4.74 Å². The number of rotatable bonds is 6. The van der Waals surface area contributed by atoms with E-state index >= 15 is 0 Å². The number of fused-ring (bicyclic) bond motifs is 1. The van der Waals surface area contributed by atoms with Crippen molar-refractivity contribution in [1.82, 2.24) is 15.1 Å². The highest BCUT2D eigenvalue weighted by atomic mass is 32.2. The number of sulfone groups is 1. The van der Waals surface area contributed by atoms with Crippen LogP contribution in [-0.4, -0.2) is 43.7 Å². The van der Waals surface area contributed by atoms with E-state index in [0.29, 0.717) is 23.4 Å². The van der Waals surface area contributed by atoms with Gasteiger partial charge in [-0.2, -0.15) is 5.10 Å². The predicted molar refractivity (Wildman–Crippen MR) is 118 cm³/mol. The van der Waals surface area contributed by atoms with Crippen molar-refractivity contribution in [2.45, 2.75) is 17.9 Å². The highest BCUT2D eigenvalue weighted by Crippen LogP contribution is 2.32. The fraction of sp³-hybridized carbons (Fsp3) is 0.227. The second-order valence-corrected chi connectivity index (χ2v) is 9.43. The van der Waals surface area contributed by atoms with Crippen molar-refractivity contribution in [2.24, 2.45) is 0 Å². The largest absolute Gasteiger partial charge is 0.497 e. The normalized spacial score (nSPS) is 13.9. The minimum Gasteiger partial charge on any atom is -0.497 e. The number of hydrogen-bond donors (Lipinski definition) is 2. The van der Waals surface area contributed by atoms with Crippen LogP contribution >= 0.6 is 0 Å². The van der Waals surface area contributed by atoms with Crippen molar-refractivity contribution >= 4 is 27.5 Å². The highest BCUT2D eigenvalue weighted by molar-refractivity contribution is 7.90. The summed E-state index contributed by atoms with van der Waals surface area (Å²) in [6.07, 6.45) is 0.540. The van der Waals surface area contributed by atoms with Crippen molar-refractivity contribution in [1.29, 1.82) is 0 Å². The summed E-state index contributed by atoms with van der Waals surface area (Å²) >= 11 is 0. The Morgan fingerprint density at radius 3 is 2.44 bits per heavy atom. The second-order valence-electron chi connectivity index (χ2n) is 7.36. The average molecular weight is 455 g/mol. The van der Waals surface area contributed by atoms with E-state index in [2.05, 4.69) is 15.7 Å². The van der Waals surface area contributed by atoms with Gasteiger partial charge in [-0.15, -0.1) is 0 Å². The zero-order chi connectivity index (χ0) is 22.7. The molecule has 0 aliphatic carbocycles. The number of amides is 2. The SMILES string of the molecule is COc1ccc(CCNC(=O)C(=O)Nc2c3c(nn2-c2ccccc2)CS(=O)(=O)C3)cc1. The number of carbonyl (C=O) groups is 2. The van der Waals surface area contributed by atoms with E-state index in [-0.39, 0.29) is 23.9 Å². The molecule has 2 heterocycles. The minimum absolute atomic E-state index is 0.195. The van der Waals surface area contributed by atoms with Crippen LogP contribution < -0.4 is 15.4 Å². The number of nitrogens with zero attached hydrogens (tertiary/aromatic N) is 2. The first-order chi connectivity index (χ1) is 15.4. The first-order valence-corrected chi connectivity index (χ1v) is 11.8. The molecule has 32 heavy (non-hydrogen) atoms. The highest BCUT2D eigenvalue weighted by Gasteiger charge is 2.33. The molecule has 10 heteroatoms. The number of ether oxygens (including phenoxy) is 1. The molecule has 1 aliphatic rings. The standard InChI is InChI=1S/C22H22N4O5S/c1-31-17-9-7-15(8-10-17)11-12-23-21(27)22(28)24-20-18-13-32(29,30)14-19(18)25-26(20)16-5-3-2-4-6-16/h2-10H,11-14H2,1H3,(H,23,27)(H,24,28). The van der Waals surface area contributed by atoms with Gasteiger partial charge in [0.15, 0.2) is 9.84 Å². The number of benzene rings is 2. The Bertz CT molecular complexity index is 1250. The summed E-state index contributed by atoms with van der Waals surface area (Å²) in [6, 6.07) is 16.4. The predicted octanol–water partition coefficient (Wildman–Crippen LogP) is 1.61. The first kappa shape index (κ1) is 21.6. The van der Waals surface area contributed by atoms with Gasteiger partial charge >= 0.3 is 11.8 Å². The van der Waals surface area contributed by atoms with Gasteiger partial charge in [0.05, 0.1) is 30.0 Å². The van der Waals surface area contributed by atoms with Gasteiger partial charge in [0.2, 0.25) is 0 Å². The summed E-state index contributed by atoms with van der Waals surface area (Å²) in [5.74, 6) is -1.19. The van der Waals surface area contributed by atoms with Crippen LogP contribution in [0.25, 0.3) is 5.69 Å². The van der Waals surface area contributed by atoms with Gasteiger partial charge in [0.1, 0.15) is 11.6 Å². The first-order valence-electron chi connectivity index (χ1n) is 9.95. The van der Waals surface area contributed by atoms with Crippen LogP contribution in [0, 0.1) is 0 Å². The Hall–Kier alpha value is -3.66. The third-order valence-electron chi connectivity index (χ3n) is 5.08. The van der Waals surface area contributed by atoms with Gasteiger partial charge in [-0.1, -0.05) is 30.3 Å². The van der Waals surface area contributed by atoms with Gasteiger partial charge in [-0.25, -0.2) is 13.1 Å². The molecule has 9 nitrogen and oxygen atoms in total. The minimum atomic E-state index is -3.33. The van der Waals surface area contributed by atoms with E-state index in [1.54, 1.807) is 31.4 Å². The van der Waals surface area contributed by atoms with E-state index < -0.39 is 21.7 Å². The maximum absolute atomic E-state index is 12.6. The second kappa shape index (κ2) is 8.83. The Balaban J connectivity index is 1.45. The summed E-state index contributed by atoms with van der Waals surface area (Å²) in [6.45, 7) is 0.267.